The highest BCUT2D eigenvalue weighted by Gasteiger charge is 2.07. The van der Waals surface area contributed by atoms with Gasteiger partial charge in [0.15, 0.2) is 0 Å². The van der Waals surface area contributed by atoms with Crippen molar-refractivity contribution in [2.45, 2.75) is 90.9 Å². The van der Waals surface area contributed by atoms with E-state index in [9.17, 15) is 8.78 Å². The largest absolute Gasteiger partial charge is 0.206 e. The van der Waals surface area contributed by atoms with Crippen molar-refractivity contribution in [1.82, 2.24) is 0 Å². The fourth-order valence-electron chi connectivity index (χ4n) is 4.39. The minimum absolute atomic E-state index is 0.0368. The Kier molecular flexibility index (Phi) is 12.7. The fourth-order valence-corrected chi connectivity index (χ4v) is 4.39. The molecule has 3 aromatic rings. The van der Waals surface area contributed by atoms with Crippen LogP contribution in [0.5, 0.6) is 0 Å². The molecule has 0 aliphatic heterocycles. The summed E-state index contributed by atoms with van der Waals surface area (Å²) in [5, 5.41) is 0. The van der Waals surface area contributed by atoms with Crippen LogP contribution in [0.3, 0.4) is 0 Å². The third kappa shape index (κ3) is 10.2. The van der Waals surface area contributed by atoms with Gasteiger partial charge in [0.2, 0.25) is 0 Å². The van der Waals surface area contributed by atoms with Crippen LogP contribution in [-0.2, 0) is 12.8 Å². The van der Waals surface area contributed by atoms with E-state index < -0.39 is 11.6 Å². The van der Waals surface area contributed by atoms with E-state index in [1.165, 1.54) is 75.3 Å². The molecule has 0 aliphatic carbocycles. The summed E-state index contributed by atoms with van der Waals surface area (Å²) in [7, 11) is 0. The first kappa shape index (κ1) is 29.2. The number of hydrogen-bond donors (Lipinski definition) is 0. The van der Waals surface area contributed by atoms with Gasteiger partial charge >= 0.3 is 0 Å². The molecular weight excluding hydrogens is 470 g/mol. The van der Waals surface area contributed by atoms with Gasteiger partial charge in [0.25, 0.3) is 0 Å². The van der Waals surface area contributed by atoms with E-state index in [-0.39, 0.29) is 11.1 Å². The Morgan fingerprint density at radius 2 is 0.842 bits per heavy atom. The molecule has 198 valence electrons. The highest BCUT2D eigenvalue weighted by atomic mass is 19.1. The predicted octanol–water partition coefficient (Wildman–Crippen LogP) is 9.79. The number of halogens is 2. The minimum atomic E-state index is -0.565. The van der Waals surface area contributed by atoms with E-state index in [2.05, 4.69) is 61.8 Å². The van der Waals surface area contributed by atoms with Gasteiger partial charge in [-0.25, -0.2) is 8.78 Å². The second kappa shape index (κ2) is 16.5. The molecule has 0 amide bonds. The van der Waals surface area contributed by atoms with Gasteiger partial charge in [-0.1, -0.05) is 113 Å². The van der Waals surface area contributed by atoms with Gasteiger partial charge in [0, 0.05) is 11.1 Å². The molecule has 0 bridgehead atoms. The van der Waals surface area contributed by atoms with E-state index >= 15 is 0 Å². The highest BCUT2D eigenvalue weighted by Crippen LogP contribution is 2.16. The minimum Gasteiger partial charge on any atom is -0.206 e. The monoisotopic (exact) mass is 510 g/mol. The first-order chi connectivity index (χ1) is 18.6. The van der Waals surface area contributed by atoms with Gasteiger partial charge in [-0.05, 0) is 73.2 Å². The molecule has 3 rings (SSSR count). The van der Waals surface area contributed by atoms with Crippen molar-refractivity contribution in [3.63, 3.8) is 0 Å². The SMILES string of the molecule is CCCCCCCCCc1ccc(C#Cc2cc(F)c(C#Cc3ccc(CCCCC)cc3)cc2F)cc1. The van der Waals surface area contributed by atoms with E-state index in [1.54, 1.807) is 0 Å². The van der Waals surface area contributed by atoms with E-state index in [0.717, 1.165) is 36.1 Å². The summed E-state index contributed by atoms with van der Waals surface area (Å²) in [4.78, 5) is 0. The quantitative estimate of drug-likeness (QED) is 0.168. The smallest absolute Gasteiger partial charge is 0.140 e. The second-order valence-electron chi connectivity index (χ2n) is 10.0. The summed E-state index contributed by atoms with van der Waals surface area (Å²) in [6, 6.07) is 18.3. The van der Waals surface area contributed by atoms with Crippen LogP contribution in [0.2, 0.25) is 0 Å². The Morgan fingerprint density at radius 3 is 1.29 bits per heavy atom. The van der Waals surface area contributed by atoms with Crippen molar-refractivity contribution < 1.29 is 8.78 Å². The highest BCUT2D eigenvalue weighted by molar-refractivity contribution is 5.49. The molecule has 0 N–H and O–H groups in total. The van der Waals surface area contributed by atoms with Gasteiger partial charge < -0.3 is 0 Å². The van der Waals surface area contributed by atoms with Crippen LogP contribution in [0.15, 0.2) is 60.7 Å². The standard InChI is InChI=1S/C36H40F2/c1-3-5-7-8-9-10-12-14-30-17-21-32(22-18-30)24-26-34-28-35(37)33(27-36(34)38)25-23-31-19-15-29(16-20-31)13-11-6-4-2/h15-22,27-28H,3-14H2,1-2H3. The summed E-state index contributed by atoms with van der Waals surface area (Å²) in [5.41, 5.74) is 4.20. The topological polar surface area (TPSA) is 0 Å². The van der Waals surface area contributed by atoms with Crippen molar-refractivity contribution in [1.29, 1.82) is 0 Å². The Bertz CT molecular complexity index is 1250. The molecule has 3 aromatic carbocycles. The number of aryl methyl sites for hydroxylation is 2. The van der Waals surface area contributed by atoms with Crippen LogP contribution in [-0.4, -0.2) is 0 Å². The Hall–Kier alpha value is -3.36. The number of rotatable bonds is 12. The third-order valence-corrected chi connectivity index (χ3v) is 6.79. The molecule has 0 aromatic heterocycles. The normalized spacial score (nSPS) is 10.4. The fraction of sp³-hybridized carbons (Fsp3) is 0.389. The summed E-state index contributed by atoms with van der Waals surface area (Å²) < 4.78 is 29.3. The molecule has 0 unspecified atom stereocenters. The summed E-state index contributed by atoms with van der Waals surface area (Å²) >= 11 is 0. The van der Waals surface area contributed by atoms with Crippen LogP contribution in [0.4, 0.5) is 8.78 Å². The van der Waals surface area contributed by atoms with Crippen LogP contribution in [0.1, 0.15) is 111 Å². The number of benzene rings is 3. The van der Waals surface area contributed by atoms with Crippen LogP contribution in [0, 0.1) is 35.3 Å². The van der Waals surface area contributed by atoms with Gasteiger partial charge in [-0.3, -0.25) is 0 Å². The molecule has 0 fully saturated rings. The predicted molar refractivity (Wildman–Crippen MR) is 156 cm³/mol. The van der Waals surface area contributed by atoms with Crippen molar-refractivity contribution in [3.8, 4) is 23.7 Å². The van der Waals surface area contributed by atoms with Gasteiger partial charge in [0.1, 0.15) is 11.6 Å². The maximum atomic E-state index is 14.7. The lowest BCUT2D eigenvalue weighted by Crippen LogP contribution is -1.92. The molecule has 0 atom stereocenters. The zero-order valence-corrected chi connectivity index (χ0v) is 23.0. The van der Waals surface area contributed by atoms with Gasteiger partial charge in [-0.2, -0.15) is 0 Å². The summed E-state index contributed by atoms with van der Waals surface area (Å²) in [6.07, 6.45) is 14.8. The molecule has 0 saturated heterocycles. The molecule has 0 spiro atoms. The summed E-state index contributed by atoms with van der Waals surface area (Å²) in [6.45, 7) is 4.43. The Morgan fingerprint density at radius 1 is 0.474 bits per heavy atom. The van der Waals surface area contributed by atoms with Crippen LogP contribution >= 0.6 is 0 Å². The molecule has 0 heterocycles. The lowest BCUT2D eigenvalue weighted by molar-refractivity contribution is 0.589. The van der Waals surface area contributed by atoms with Crippen molar-refractivity contribution in [2.24, 2.45) is 0 Å². The maximum absolute atomic E-state index is 14.7. The first-order valence-corrected chi connectivity index (χ1v) is 14.3. The molecule has 0 saturated carbocycles. The third-order valence-electron chi connectivity index (χ3n) is 6.79. The average Bonchev–Trinajstić information content (AvgIpc) is 2.93. The lowest BCUT2D eigenvalue weighted by Gasteiger charge is -2.03. The summed E-state index contributed by atoms with van der Waals surface area (Å²) in [5.74, 6) is 10.3. The zero-order chi connectivity index (χ0) is 27.0. The van der Waals surface area contributed by atoms with Crippen molar-refractivity contribution in [2.75, 3.05) is 0 Å². The maximum Gasteiger partial charge on any atom is 0.140 e. The van der Waals surface area contributed by atoms with Gasteiger partial charge in [0.05, 0.1) is 11.1 Å². The molecule has 0 aliphatic rings. The second-order valence-corrected chi connectivity index (χ2v) is 10.0. The molecule has 0 nitrogen and oxygen atoms in total. The Balaban J connectivity index is 1.56. The molecule has 0 radical (unpaired) electrons. The lowest BCUT2D eigenvalue weighted by atomic mass is 10.0. The van der Waals surface area contributed by atoms with E-state index in [1.807, 2.05) is 24.3 Å². The average molecular weight is 511 g/mol. The molecule has 38 heavy (non-hydrogen) atoms. The first-order valence-electron chi connectivity index (χ1n) is 14.3. The Labute approximate surface area is 228 Å². The molecular formula is C36H40F2. The van der Waals surface area contributed by atoms with Crippen molar-refractivity contribution in [3.05, 3.63) is 106 Å². The van der Waals surface area contributed by atoms with Crippen LogP contribution < -0.4 is 0 Å². The zero-order valence-electron chi connectivity index (χ0n) is 23.0. The molecule has 2 heteroatoms. The van der Waals surface area contributed by atoms with E-state index in [0.29, 0.717) is 0 Å². The van der Waals surface area contributed by atoms with Crippen molar-refractivity contribution >= 4 is 0 Å². The van der Waals surface area contributed by atoms with Gasteiger partial charge in [-0.15, -0.1) is 0 Å². The number of hydrogen-bond acceptors (Lipinski definition) is 0. The van der Waals surface area contributed by atoms with E-state index in [4.69, 9.17) is 0 Å². The van der Waals surface area contributed by atoms with Crippen LogP contribution in [0.25, 0.3) is 0 Å². The number of unbranched alkanes of at least 4 members (excludes halogenated alkanes) is 8.